The molecule has 0 aromatic carbocycles. The monoisotopic (exact) mass is 312 g/mol. The Labute approximate surface area is 137 Å². The van der Waals surface area contributed by atoms with Crippen molar-refractivity contribution in [2.45, 2.75) is 26.7 Å². The van der Waals surface area contributed by atoms with Gasteiger partial charge in [0, 0.05) is 24.1 Å². The Balaban J connectivity index is 1.74. The van der Waals surface area contributed by atoms with Gasteiger partial charge in [0.05, 0.1) is 5.56 Å². The summed E-state index contributed by atoms with van der Waals surface area (Å²) < 4.78 is 2.02. The van der Waals surface area contributed by atoms with Crippen LogP contribution in [0.5, 0.6) is 0 Å². The van der Waals surface area contributed by atoms with Crippen LogP contribution in [0.1, 0.15) is 34.6 Å². The number of carbonyl (C=O) groups excluding carboxylic acids is 1. The summed E-state index contributed by atoms with van der Waals surface area (Å²) in [6.45, 7) is 6.80. The Morgan fingerprint density at radius 2 is 2.30 bits per heavy atom. The summed E-state index contributed by atoms with van der Waals surface area (Å²) in [5.74, 6) is 1.39. The van der Waals surface area contributed by atoms with Crippen LogP contribution in [-0.4, -0.2) is 35.1 Å². The summed E-state index contributed by atoms with van der Waals surface area (Å²) in [4.78, 5) is 16.9. The smallest absolute Gasteiger partial charge is 0.253 e. The van der Waals surface area contributed by atoms with Crippen LogP contribution in [0, 0.1) is 19.8 Å². The van der Waals surface area contributed by atoms with Crippen LogP contribution in [-0.2, 0) is 0 Å². The largest absolute Gasteiger partial charge is 0.352 e. The standard InChI is InChI=1S/C18H24N4O/c1-13-10-16(14(2)22(13)17-7-3-4-9-20-17)18(23)21-12-15-6-5-8-19-11-15/h3-4,7,9-10,15,19H,5-6,8,11-12H2,1-2H3,(H,21,23). The Kier molecular flexibility index (Phi) is 4.76. The van der Waals surface area contributed by atoms with E-state index < -0.39 is 0 Å². The fraction of sp³-hybridized carbons (Fsp3) is 0.444. The maximum absolute atomic E-state index is 12.5. The van der Waals surface area contributed by atoms with E-state index in [1.54, 1.807) is 6.20 Å². The molecule has 1 fully saturated rings. The first-order valence-corrected chi connectivity index (χ1v) is 8.26. The number of hydrogen-bond acceptors (Lipinski definition) is 3. The number of pyridine rings is 1. The first kappa shape index (κ1) is 15.7. The number of piperidine rings is 1. The lowest BCUT2D eigenvalue weighted by molar-refractivity contribution is 0.0944. The van der Waals surface area contributed by atoms with Crippen LogP contribution in [0.15, 0.2) is 30.5 Å². The molecule has 1 saturated heterocycles. The maximum atomic E-state index is 12.5. The number of nitrogens with one attached hydrogen (secondary N) is 2. The third-order valence-electron chi connectivity index (χ3n) is 4.50. The quantitative estimate of drug-likeness (QED) is 0.910. The summed E-state index contributed by atoms with van der Waals surface area (Å²) in [6, 6.07) is 7.74. The van der Waals surface area contributed by atoms with Crippen LogP contribution in [0.4, 0.5) is 0 Å². The Hall–Kier alpha value is -2.14. The number of rotatable bonds is 4. The van der Waals surface area contributed by atoms with Crippen LogP contribution in [0.2, 0.25) is 0 Å². The highest BCUT2D eigenvalue weighted by Gasteiger charge is 2.19. The Bertz CT molecular complexity index is 672. The van der Waals surface area contributed by atoms with Crippen molar-refractivity contribution in [3.63, 3.8) is 0 Å². The average molecular weight is 312 g/mol. The molecule has 0 aliphatic carbocycles. The van der Waals surface area contributed by atoms with Gasteiger partial charge in [0.2, 0.25) is 0 Å². The molecule has 0 radical (unpaired) electrons. The lowest BCUT2D eigenvalue weighted by atomic mass is 10.00. The van der Waals surface area contributed by atoms with Gasteiger partial charge in [-0.05, 0) is 63.9 Å². The van der Waals surface area contributed by atoms with E-state index in [1.807, 2.05) is 42.7 Å². The molecule has 3 rings (SSSR count). The molecule has 0 spiro atoms. The summed E-state index contributed by atoms with van der Waals surface area (Å²) in [5, 5.41) is 6.47. The number of aromatic nitrogens is 2. The fourth-order valence-corrected chi connectivity index (χ4v) is 3.26. The molecule has 122 valence electrons. The fourth-order valence-electron chi connectivity index (χ4n) is 3.26. The molecule has 1 aliphatic heterocycles. The van der Waals surface area contributed by atoms with Gasteiger partial charge in [-0.1, -0.05) is 6.07 Å². The van der Waals surface area contributed by atoms with Crippen molar-refractivity contribution in [1.29, 1.82) is 0 Å². The summed E-state index contributed by atoms with van der Waals surface area (Å²) in [5.41, 5.74) is 2.68. The lowest BCUT2D eigenvalue weighted by Gasteiger charge is -2.22. The Morgan fingerprint density at radius 3 is 3.00 bits per heavy atom. The molecule has 0 bridgehead atoms. The van der Waals surface area contributed by atoms with Crippen molar-refractivity contribution >= 4 is 5.91 Å². The first-order valence-electron chi connectivity index (χ1n) is 8.26. The zero-order valence-corrected chi connectivity index (χ0v) is 13.8. The van der Waals surface area contributed by atoms with Gasteiger partial charge in [0.25, 0.3) is 5.91 Å². The molecule has 1 amide bonds. The van der Waals surface area contributed by atoms with E-state index in [0.29, 0.717) is 5.92 Å². The van der Waals surface area contributed by atoms with Crippen molar-refractivity contribution < 1.29 is 4.79 Å². The highest BCUT2D eigenvalue weighted by molar-refractivity contribution is 5.95. The lowest BCUT2D eigenvalue weighted by Crippen LogP contribution is -2.38. The molecule has 1 aliphatic rings. The number of amides is 1. The summed E-state index contributed by atoms with van der Waals surface area (Å²) in [6.07, 6.45) is 4.14. The van der Waals surface area contributed by atoms with Crippen molar-refractivity contribution in [3.05, 3.63) is 47.4 Å². The normalized spacial score (nSPS) is 17.9. The minimum Gasteiger partial charge on any atom is -0.352 e. The van der Waals surface area contributed by atoms with Gasteiger partial charge in [0.1, 0.15) is 5.82 Å². The van der Waals surface area contributed by atoms with Crippen molar-refractivity contribution in [2.24, 2.45) is 5.92 Å². The SMILES string of the molecule is Cc1cc(C(=O)NCC2CCCNC2)c(C)n1-c1ccccn1. The van der Waals surface area contributed by atoms with E-state index in [-0.39, 0.29) is 5.91 Å². The predicted octanol–water partition coefficient (Wildman–Crippen LogP) is 2.22. The molecular formula is C18H24N4O. The zero-order chi connectivity index (χ0) is 16.2. The van der Waals surface area contributed by atoms with Gasteiger partial charge in [0.15, 0.2) is 0 Å². The minimum atomic E-state index is 0.00542. The van der Waals surface area contributed by atoms with E-state index in [4.69, 9.17) is 0 Å². The van der Waals surface area contributed by atoms with E-state index in [0.717, 1.165) is 42.4 Å². The molecule has 2 aromatic rings. The molecule has 1 unspecified atom stereocenters. The van der Waals surface area contributed by atoms with Crippen molar-refractivity contribution in [2.75, 3.05) is 19.6 Å². The number of hydrogen-bond donors (Lipinski definition) is 2. The zero-order valence-electron chi connectivity index (χ0n) is 13.8. The second-order valence-corrected chi connectivity index (χ2v) is 6.23. The van der Waals surface area contributed by atoms with Crippen molar-refractivity contribution in [3.8, 4) is 5.82 Å². The van der Waals surface area contributed by atoms with Crippen LogP contribution in [0.25, 0.3) is 5.82 Å². The van der Waals surface area contributed by atoms with Crippen LogP contribution >= 0.6 is 0 Å². The summed E-state index contributed by atoms with van der Waals surface area (Å²) in [7, 11) is 0. The third kappa shape index (κ3) is 3.45. The van der Waals surface area contributed by atoms with Crippen LogP contribution in [0.3, 0.4) is 0 Å². The number of aryl methyl sites for hydroxylation is 1. The molecule has 1 atom stereocenters. The van der Waals surface area contributed by atoms with Gasteiger partial charge < -0.3 is 15.2 Å². The minimum absolute atomic E-state index is 0.00542. The number of carbonyl (C=O) groups is 1. The molecule has 3 heterocycles. The van der Waals surface area contributed by atoms with Crippen molar-refractivity contribution in [1.82, 2.24) is 20.2 Å². The first-order chi connectivity index (χ1) is 11.2. The molecule has 2 aromatic heterocycles. The molecule has 23 heavy (non-hydrogen) atoms. The van der Waals surface area contributed by atoms with E-state index in [9.17, 15) is 4.79 Å². The second-order valence-electron chi connectivity index (χ2n) is 6.23. The van der Waals surface area contributed by atoms with Gasteiger partial charge in [-0.3, -0.25) is 4.79 Å². The topological polar surface area (TPSA) is 59.0 Å². The third-order valence-corrected chi connectivity index (χ3v) is 4.50. The maximum Gasteiger partial charge on any atom is 0.253 e. The highest BCUT2D eigenvalue weighted by atomic mass is 16.1. The molecule has 5 nitrogen and oxygen atoms in total. The van der Waals surface area contributed by atoms with Gasteiger partial charge >= 0.3 is 0 Å². The molecule has 2 N–H and O–H groups in total. The molecule has 0 saturated carbocycles. The highest BCUT2D eigenvalue weighted by Crippen LogP contribution is 2.19. The van der Waals surface area contributed by atoms with Crippen LogP contribution < -0.4 is 10.6 Å². The van der Waals surface area contributed by atoms with E-state index in [2.05, 4.69) is 15.6 Å². The average Bonchev–Trinajstić information content (AvgIpc) is 2.89. The molecular weight excluding hydrogens is 288 g/mol. The van der Waals surface area contributed by atoms with E-state index in [1.165, 1.54) is 12.8 Å². The van der Waals surface area contributed by atoms with Gasteiger partial charge in [-0.2, -0.15) is 0 Å². The summed E-state index contributed by atoms with van der Waals surface area (Å²) >= 11 is 0. The predicted molar refractivity (Wildman–Crippen MR) is 91.0 cm³/mol. The van der Waals surface area contributed by atoms with Gasteiger partial charge in [-0.25, -0.2) is 4.98 Å². The van der Waals surface area contributed by atoms with Gasteiger partial charge in [-0.15, -0.1) is 0 Å². The van der Waals surface area contributed by atoms with E-state index >= 15 is 0 Å². The number of nitrogens with zero attached hydrogens (tertiary/aromatic N) is 2. The molecule has 5 heteroatoms. The second kappa shape index (κ2) is 6.96. The Morgan fingerprint density at radius 1 is 1.43 bits per heavy atom.